The maximum atomic E-state index is 12.3. The molecule has 6 nitrogen and oxygen atoms in total. The van der Waals surface area contributed by atoms with E-state index >= 15 is 0 Å². The van der Waals surface area contributed by atoms with Gasteiger partial charge >= 0.3 is 6.09 Å². The van der Waals surface area contributed by atoms with Gasteiger partial charge in [-0.3, -0.25) is 9.59 Å². The summed E-state index contributed by atoms with van der Waals surface area (Å²) in [7, 11) is 0. The highest BCUT2D eigenvalue weighted by Gasteiger charge is 2.33. The molecule has 2 fully saturated rings. The van der Waals surface area contributed by atoms with Gasteiger partial charge in [-0.2, -0.15) is 0 Å². The molecule has 1 aliphatic heterocycles. The van der Waals surface area contributed by atoms with Crippen LogP contribution >= 0.6 is 0 Å². The minimum absolute atomic E-state index is 0.0107. The van der Waals surface area contributed by atoms with Crippen LogP contribution in [0.5, 0.6) is 0 Å². The molecule has 2 amide bonds. The van der Waals surface area contributed by atoms with Crippen LogP contribution in [-0.2, 0) is 20.9 Å². The number of Topliss-reactive ketones (excluding diaryl/α,β-unsaturated/α-hetero) is 1. The van der Waals surface area contributed by atoms with Crippen LogP contribution in [0.2, 0.25) is 0 Å². The smallest absolute Gasteiger partial charge is 0.410 e. The topological polar surface area (TPSA) is 75.7 Å². The third kappa shape index (κ3) is 4.84. The molecule has 0 radical (unpaired) electrons. The molecule has 1 aliphatic carbocycles. The number of ether oxygens (including phenoxy) is 1. The quantitative estimate of drug-likeness (QED) is 0.898. The Balaban J connectivity index is 1.44. The molecular weight excluding hydrogens is 332 g/mol. The number of likely N-dealkylation sites (tertiary alicyclic amines) is 1. The van der Waals surface area contributed by atoms with E-state index in [0.29, 0.717) is 13.0 Å². The number of nitrogens with one attached hydrogen (secondary N) is 1. The molecule has 0 spiro atoms. The first-order valence-electron chi connectivity index (χ1n) is 9.42. The largest absolute Gasteiger partial charge is 0.445 e. The van der Waals surface area contributed by atoms with Crippen molar-refractivity contribution in [2.24, 2.45) is 5.92 Å². The van der Waals surface area contributed by atoms with Crippen molar-refractivity contribution < 1.29 is 19.1 Å². The molecule has 1 atom stereocenters. The lowest BCUT2D eigenvalue weighted by Crippen LogP contribution is -2.54. The molecule has 1 saturated carbocycles. The molecule has 3 rings (SSSR count). The van der Waals surface area contributed by atoms with Crippen molar-refractivity contribution in [3.8, 4) is 0 Å². The van der Waals surface area contributed by atoms with E-state index in [2.05, 4.69) is 5.32 Å². The van der Waals surface area contributed by atoms with Crippen LogP contribution in [0.15, 0.2) is 30.3 Å². The zero-order valence-electron chi connectivity index (χ0n) is 15.0. The zero-order valence-corrected chi connectivity index (χ0v) is 15.0. The number of piperidine rings is 1. The van der Waals surface area contributed by atoms with E-state index in [9.17, 15) is 14.4 Å². The summed E-state index contributed by atoms with van der Waals surface area (Å²) in [5, 5.41) is 2.89. The first kappa shape index (κ1) is 18.4. The van der Waals surface area contributed by atoms with Gasteiger partial charge < -0.3 is 15.0 Å². The monoisotopic (exact) mass is 358 g/mol. The Morgan fingerprint density at radius 2 is 1.81 bits per heavy atom. The molecule has 1 saturated heterocycles. The lowest BCUT2D eigenvalue weighted by molar-refractivity contribution is -0.132. The molecule has 1 aromatic rings. The van der Waals surface area contributed by atoms with Crippen molar-refractivity contribution in [3.05, 3.63) is 35.9 Å². The third-order valence-electron chi connectivity index (χ3n) is 5.18. The van der Waals surface area contributed by atoms with Crippen LogP contribution in [0.3, 0.4) is 0 Å². The molecule has 2 aliphatic rings. The Hall–Kier alpha value is -2.37. The van der Waals surface area contributed by atoms with Crippen LogP contribution in [0.25, 0.3) is 0 Å². The van der Waals surface area contributed by atoms with Crippen molar-refractivity contribution in [2.75, 3.05) is 13.1 Å². The Kier molecular flexibility index (Phi) is 6.26. The van der Waals surface area contributed by atoms with Gasteiger partial charge in [0.05, 0.1) is 12.6 Å². The summed E-state index contributed by atoms with van der Waals surface area (Å²) >= 11 is 0. The highest BCUT2D eigenvalue weighted by atomic mass is 16.6. The molecule has 1 heterocycles. The van der Waals surface area contributed by atoms with Crippen molar-refractivity contribution in [1.29, 1.82) is 0 Å². The summed E-state index contributed by atoms with van der Waals surface area (Å²) in [6.07, 6.45) is 5.12. The molecule has 6 heteroatoms. The van der Waals surface area contributed by atoms with Crippen LogP contribution in [0.1, 0.15) is 44.1 Å². The number of carbonyl (C=O) groups excluding carboxylic acids is 3. The standard InChI is InChI=1S/C20H26N2O4/c23-18-13-22(20(25)26-14-15-7-3-1-4-8-15)12-11-17(18)21-19(24)16-9-5-2-6-10-16/h1,3-4,7-8,16-17H,2,5-6,9-14H2,(H,21,24). The Morgan fingerprint density at radius 3 is 2.50 bits per heavy atom. The Bertz CT molecular complexity index is 640. The van der Waals surface area contributed by atoms with Crippen molar-refractivity contribution >= 4 is 17.8 Å². The zero-order chi connectivity index (χ0) is 18.4. The second-order valence-electron chi connectivity index (χ2n) is 7.11. The summed E-state index contributed by atoms with van der Waals surface area (Å²) in [4.78, 5) is 38.2. The molecule has 1 aromatic carbocycles. The van der Waals surface area contributed by atoms with Crippen molar-refractivity contribution in [1.82, 2.24) is 10.2 Å². The molecular formula is C20H26N2O4. The number of ketones is 1. The predicted molar refractivity (Wildman–Crippen MR) is 96.3 cm³/mol. The molecule has 1 unspecified atom stereocenters. The van der Waals surface area contributed by atoms with E-state index < -0.39 is 12.1 Å². The van der Waals surface area contributed by atoms with E-state index in [1.807, 2.05) is 30.3 Å². The average Bonchev–Trinajstić information content (AvgIpc) is 2.69. The van der Waals surface area contributed by atoms with Gasteiger partial charge in [-0.15, -0.1) is 0 Å². The molecule has 1 N–H and O–H groups in total. The second-order valence-corrected chi connectivity index (χ2v) is 7.11. The van der Waals surface area contributed by atoms with Crippen molar-refractivity contribution in [3.63, 3.8) is 0 Å². The number of hydrogen-bond donors (Lipinski definition) is 1. The van der Waals surface area contributed by atoms with Gasteiger partial charge in [0.15, 0.2) is 5.78 Å². The molecule has 0 bridgehead atoms. The fourth-order valence-corrected chi connectivity index (χ4v) is 3.60. The molecule has 0 aromatic heterocycles. The SMILES string of the molecule is O=C(NC1CCN(C(=O)OCc2ccccc2)CC1=O)C1CCCCC1. The normalized spacial score (nSPS) is 21.3. The number of carbonyl (C=O) groups is 3. The van der Waals surface area contributed by atoms with Gasteiger partial charge in [-0.05, 0) is 24.8 Å². The summed E-state index contributed by atoms with van der Waals surface area (Å²) in [6, 6.07) is 8.94. The van der Waals surface area contributed by atoms with Gasteiger partial charge in [0.2, 0.25) is 5.91 Å². The van der Waals surface area contributed by atoms with Gasteiger partial charge in [0.1, 0.15) is 6.61 Å². The van der Waals surface area contributed by atoms with E-state index in [4.69, 9.17) is 4.74 Å². The summed E-state index contributed by atoms with van der Waals surface area (Å²) in [6.45, 7) is 0.588. The Labute approximate surface area is 153 Å². The number of benzene rings is 1. The summed E-state index contributed by atoms with van der Waals surface area (Å²) < 4.78 is 5.27. The van der Waals surface area contributed by atoms with Crippen molar-refractivity contribution in [2.45, 2.75) is 51.2 Å². The van der Waals surface area contributed by atoms with Crippen LogP contribution in [0, 0.1) is 5.92 Å². The first-order valence-corrected chi connectivity index (χ1v) is 9.42. The number of rotatable bonds is 4. The van der Waals surface area contributed by atoms with Crippen LogP contribution in [-0.4, -0.2) is 41.8 Å². The minimum atomic E-state index is -0.487. The van der Waals surface area contributed by atoms with Crippen LogP contribution in [0.4, 0.5) is 4.79 Å². The van der Waals surface area contributed by atoms with Gasteiger partial charge in [-0.1, -0.05) is 49.6 Å². The highest BCUT2D eigenvalue weighted by molar-refractivity contribution is 5.93. The Morgan fingerprint density at radius 1 is 1.08 bits per heavy atom. The van der Waals surface area contributed by atoms with E-state index in [-0.39, 0.29) is 30.8 Å². The lowest BCUT2D eigenvalue weighted by atomic mass is 9.88. The minimum Gasteiger partial charge on any atom is -0.445 e. The van der Waals surface area contributed by atoms with E-state index in [1.54, 1.807) is 0 Å². The van der Waals surface area contributed by atoms with Gasteiger partial charge in [0, 0.05) is 12.5 Å². The van der Waals surface area contributed by atoms with E-state index in [1.165, 1.54) is 11.3 Å². The average molecular weight is 358 g/mol. The first-order chi connectivity index (χ1) is 12.6. The number of nitrogens with zero attached hydrogens (tertiary/aromatic N) is 1. The fraction of sp³-hybridized carbons (Fsp3) is 0.550. The molecule has 26 heavy (non-hydrogen) atoms. The predicted octanol–water partition coefficient (Wildman–Crippen LogP) is 2.66. The van der Waals surface area contributed by atoms with Crippen LogP contribution < -0.4 is 5.32 Å². The fourth-order valence-electron chi connectivity index (χ4n) is 3.60. The number of amides is 2. The van der Waals surface area contributed by atoms with Gasteiger partial charge in [-0.25, -0.2) is 4.79 Å². The maximum Gasteiger partial charge on any atom is 0.410 e. The van der Waals surface area contributed by atoms with Gasteiger partial charge in [0.25, 0.3) is 0 Å². The number of hydrogen-bond acceptors (Lipinski definition) is 4. The maximum absolute atomic E-state index is 12.3. The highest BCUT2D eigenvalue weighted by Crippen LogP contribution is 2.24. The summed E-state index contributed by atoms with van der Waals surface area (Å²) in [5.41, 5.74) is 0.904. The summed E-state index contributed by atoms with van der Waals surface area (Å²) in [5.74, 6) is -0.106. The third-order valence-corrected chi connectivity index (χ3v) is 5.18. The second kappa shape index (κ2) is 8.83. The molecule has 140 valence electrons. The van der Waals surface area contributed by atoms with E-state index in [0.717, 1.165) is 31.2 Å². The lowest BCUT2D eigenvalue weighted by Gasteiger charge is -2.31.